The zero-order chi connectivity index (χ0) is 20.7. The Kier molecular flexibility index (Phi) is 4.04. The Labute approximate surface area is 175 Å². The number of carbonyl (C=O) groups is 1. The quantitative estimate of drug-likeness (QED) is 0.599. The number of benzene rings is 1. The first kappa shape index (κ1) is 19.5. The van der Waals surface area contributed by atoms with Crippen molar-refractivity contribution in [2.75, 3.05) is 0 Å². The van der Waals surface area contributed by atoms with Crippen molar-refractivity contribution in [2.45, 2.75) is 84.7 Å². The van der Waals surface area contributed by atoms with Gasteiger partial charge in [-0.05, 0) is 98.3 Å². The third kappa shape index (κ3) is 2.51. The third-order valence-corrected chi connectivity index (χ3v) is 9.93. The summed E-state index contributed by atoms with van der Waals surface area (Å²) in [5.74, 6) is 2.57. The predicted molar refractivity (Wildman–Crippen MR) is 114 cm³/mol. The number of rotatable bonds is 1. The normalized spacial score (nSPS) is 45.0. The molecule has 3 nitrogen and oxygen atoms in total. The van der Waals surface area contributed by atoms with Crippen molar-refractivity contribution in [3.8, 4) is 11.5 Å². The Morgan fingerprint density at radius 3 is 2.52 bits per heavy atom. The van der Waals surface area contributed by atoms with E-state index >= 15 is 0 Å². The molecule has 1 aromatic rings. The van der Waals surface area contributed by atoms with Gasteiger partial charge in [0.15, 0.2) is 0 Å². The van der Waals surface area contributed by atoms with Crippen molar-refractivity contribution < 1.29 is 14.6 Å². The number of hydrogen-bond acceptors (Lipinski definition) is 3. The van der Waals surface area contributed by atoms with Crippen LogP contribution in [0.15, 0.2) is 18.2 Å². The zero-order valence-corrected chi connectivity index (χ0v) is 18.5. The van der Waals surface area contributed by atoms with E-state index in [2.05, 4.69) is 27.7 Å². The number of carbonyl (C=O) groups excluding carboxylic acids is 1. The van der Waals surface area contributed by atoms with Gasteiger partial charge in [-0.1, -0.05) is 27.2 Å². The van der Waals surface area contributed by atoms with Crippen molar-refractivity contribution in [1.82, 2.24) is 0 Å². The van der Waals surface area contributed by atoms with E-state index in [0.29, 0.717) is 23.5 Å². The summed E-state index contributed by atoms with van der Waals surface area (Å²) >= 11 is 0. The first-order chi connectivity index (χ1) is 13.6. The van der Waals surface area contributed by atoms with Gasteiger partial charge in [0, 0.05) is 11.3 Å². The van der Waals surface area contributed by atoms with Gasteiger partial charge in [-0.3, -0.25) is 0 Å². The highest BCUT2D eigenvalue weighted by Crippen LogP contribution is 2.70. The monoisotopic (exact) mass is 396 g/mol. The summed E-state index contributed by atoms with van der Waals surface area (Å²) in [6.45, 7) is 9.54. The van der Waals surface area contributed by atoms with Gasteiger partial charge in [0.05, 0.1) is 0 Å². The maximum absolute atomic E-state index is 12.8. The minimum absolute atomic E-state index is 0.0982. The van der Waals surface area contributed by atoms with Crippen LogP contribution in [-0.4, -0.2) is 17.0 Å². The summed E-state index contributed by atoms with van der Waals surface area (Å²) in [4.78, 5) is 12.8. The molecule has 1 aromatic carbocycles. The molecule has 3 heteroatoms. The molecule has 1 heterocycles. The number of aldehydes is 1. The molecule has 0 aromatic heterocycles. The van der Waals surface area contributed by atoms with E-state index in [1.165, 1.54) is 25.5 Å². The number of phenolic OH excluding ortho intramolecular Hbond substituents is 1. The van der Waals surface area contributed by atoms with Crippen LogP contribution in [0, 0.1) is 34.0 Å². The van der Waals surface area contributed by atoms with Gasteiger partial charge in [0.1, 0.15) is 23.4 Å². The predicted octanol–water partition coefficient (Wildman–Crippen LogP) is 5.92. The van der Waals surface area contributed by atoms with Crippen molar-refractivity contribution in [3.05, 3.63) is 23.8 Å². The minimum Gasteiger partial charge on any atom is -0.508 e. The second-order valence-electron chi connectivity index (χ2n) is 11.7. The minimum atomic E-state index is -0.184. The van der Waals surface area contributed by atoms with Crippen molar-refractivity contribution in [2.24, 2.45) is 34.0 Å². The molecule has 0 bridgehead atoms. The smallest absolute Gasteiger partial charge is 0.126 e. The van der Waals surface area contributed by atoms with Crippen molar-refractivity contribution >= 4 is 6.29 Å². The molecule has 0 spiro atoms. The van der Waals surface area contributed by atoms with Gasteiger partial charge in [-0.25, -0.2) is 0 Å². The standard InChI is InChI=1S/C26H36O3/c1-23(2)10-5-11-26(16-27)20(23)8-12-24(3)21(26)9-13-25(4)22(24)15-17-14-18(28)6-7-19(17)29-25/h6-7,14,16,20-22,28H,5,8-13,15H2,1-4H3/t20?,21?,22?,24-,25+,26-/m1/s1. The molecule has 1 aliphatic heterocycles. The summed E-state index contributed by atoms with van der Waals surface area (Å²) in [5.41, 5.74) is 1.12. The Morgan fingerprint density at radius 2 is 1.76 bits per heavy atom. The summed E-state index contributed by atoms with van der Waals surface area (Å²) in [5, 5.41) is 10.0. The number of hydrogen-bond donors (Lipinski definition) is 1. The number of aromatic hydroxyl groups is 1. The van der Waals surface area contributed by atoms with E-state index in [1.54, 1.807) is 6.07 Å². The van der Waals surface area contributed by atoms with Crippen LogP contribution in [-0.2, 0) is 11.2 Å². The van der Waals surface area contributed by atoms with Crippen LogP contribution < -0.4 is 4.74 Å². The highest BCUT2D eigenvalue weighted by Gasteiger charge is 2.67. The van der Waals surface area contributed by atoms with Gasteiger partial charge >= 0.3 is 0 Å². The van der Waals surface area contributed by atoms with Crippen molar-refractivity contribution in [1.29, 1.82) is 0 Å². The highest BCUT2D eigenvalue weighted by molar-refractivity contribution is 5.62. The Hall–Kier alpha value is -1.51. The van der Waals surface area contributed by atoms with Gasteiger partial charge < -0.3 is 14.6 Å². The molecule has 4 aliphatic rings. The maximum Gasteiger partial charge on any atom is 0.126 e. The molecule has 6 atom stereocenters. The SMILES string of the molecule is CC1(C)CCC[C@@]2(C=O)C1CC[C@]1(C)C2CC[C@]2(C)Oc3ccc(O)cc3CC12. The Morgan fingerprint density at radius 1 is 1.00 bits per heavy atom. The maximum atomic E-state index is 12.8. The molecule has 158 valence electrons. The third-order valence-electron chi connectivity index (χ3n) is 9.93. The van der Waals surface area contributed by atoms with Crippen LogP contribution in [0.4, 0.5) is 0 Å². The Bertz CT molecular complexity index is 844. The molecule has 0 saturated heterocycles. The van der Waals surface area contributed by atoms with E-state index in [0.717, 1.165) is 43.4 Å². The first-order valence-corrected chi connectivity index (χ1v) is 11.6. The van der Waals surface area contributed by atoms with Crippen LogP contribution in [0.25, 0.3) is 0 Å². The van der Waals surface area contributed by atoms with Gasteiger partial charge in [-0.2, -0.15) is 0 Å². The Balaban J connectivity index is 1.58. The fourth-order valence-corrected chi connectivity index (χ4v) is 8.65. The average Bonchev–Trinajstić information content (AvgIpc) is 2.66. The molecule has 3 saturated carbocycles. The topological polar surface area (TPSA) is 46.5 Å². The van der Waals surface area contributed by atoms with E-state index in [9.17, 15) is 9.90 Å². The summed E-state index contributed by atoms with van der Waals surface area (Å²) in [6, 6.07) is 5.54. The fourth-order valence-electron chi connectivity index (χ4n) is 8.65. The molecule has 29 heavy (non-hydrogen) atoms. The highest BCUT2D eigenvalue weighted by atomic mass is 16.5. The number of ether oxygens (including phenoxy) is 1. The van der Waals surface area contributed by atoms with E-state index in [-0.39, 0.29) is 21.8 Å². The lowest BCUT2D eigenvalue weighted by Gasteiger charge is -2.67. The molecule has 0 amide bonds. The van der Waals surface area contributed by atoms with Crippen LogP contribution in [0.2, 0.25) is 0 Å². The van der Waals surface area contributed by atoms with Crippen LogP contribution in [0.5, 0.6) is 11.5 Å². The molecule has 1 N–H and O–H groups in total. The summed E-state index contributed by atoms with van der Waals surface area (Å²) in [6.07, 6.45) is 10.2. The van der Waals surface area contributed by atoms with Crippen LogP contribution >= 0.6 is 0 Å². The number of fused-ring (bicyclic) bond motifs is 6. The van der Waals surface area contributed by atoms with E-state index in [1.807, 2.05) is 12.1 Å². The summed E-state index contributed by atoms with van der Waals surface area (Å²) < 4.78 is 6.64. The lowest BCUT2D eigenvalue weighted by molar-refractivity contribution is -0.206. The molecule has 3 unspecified atom stereocenters. The van der Waals surface area contributed by atoms with Gasteiger partial charge in [0.25, 0.3) is 0 Å². The van der Waals surface area contributed by atoms with E-state index in [4.69, 9.17) is 4.74 Å². The molecular formula is C26H36O3. The molecule has 0 radical (unpaired) electrons. The van der Waals surface area contributed by atoms with E-state index < -0.39 is 0 Å². The first-order valence-electron chi connectivity index (χ1n) is 11.6. The zero-order valence-electron chi connectivity index (χ0n) is 18.5. The second kappa shape index (κ2) is 6.02. The van der Waals surface area contributed by atoms with Crippen LogP contribution in [0.1, 0.15) is 78.2 Å². The number of phenols is 1. The van der Waals surface area contributed by atoms with Gasteiger partial charge in [-0.15, -0.1) is 0 Å². The molecule has 5 rings (SSSR count). The second-order valence-corrected chi connectivity index (χ2v) is 11.7. The average molecular weight is 397 g/mol. The largest absolute Gasteiger partial charge is 0.508 e. The molecule has 3 aliphatic carbocycles. The molecular weight excluding hydrogens is 360 g/mol. The fraction of sp³-hybridized carbons (Fsp3) is 0.731. The van der Waals surface area contributed by atoms with Gasteiger partial charge in [0.2, 0.25) is 0 Å². The molecule has 3 fully saturated rings. The summed E-state index contributed by atoms with van der Waals surface area (Å²) in [7, 11) is 0. The van der Waals surface area contributed by atoms with Crippen LogP contribution in [0.3, 0.4) is 0 Å². The van der Waals surface area contributed by atoms with Crippen molar-refractivity contribution in [3.63, 3.8) is 0 Å². The lowest BCUT2D eigenvalue weighted by Crippen LogP contribution is -2.66. The lowest BCUT2D eigenvalue weighted by atomic mass is 9.37.